The van der Waals surface area contributed by atoms with Crippen LogP contribution in [-0.4, -0.2) is 18.9 Å². The van der Waals surface area contributed by atoms with Gasteiger partial charge in [-0.05, 0) is 31.0 Å². The molecule has 0 bridgehead atoms. The summed E-state index contributed by atoms with van der Waals surface area (Å²) >= 11 is 0. The van der Waals surface area contributed by atoms with Crippen molar-refractivity contribution in [2.45, 2.75) is 27.2 Å². The number of nitriles is 1. The van der Waals surface area contributed by atoms with E-state index in [9.17, 15) is 9.18 Å². The molecule has 0 spiro atoms. The van der Waals surface area contributed by atoms with Gasteiger partial charge in [-0.15, -0.1) is 0 Å². The van der Waals surface area contributed by atoms with Crippen LogP contribution in [0.3, 0.4) is 0 Å². The highest BCUT2D eigenvalue weighted by atomic mass is 19.1. The number of carbonyl (C=O) groups excluding carboxylic acids is 1. The van der Waals surface area contributed by atoms with Crippen molar-refractivity contribution in [2.24, 2.45) is 5.92 Å². The zero-order valence-corrected chi connectivity index (χ0v) is 11.6. The van der Waals surface area contributed by atoms with Crippen molar-refractivity contribution in [1.29, 1.82) is 5.26 Å². The van der Waals surface area contributed by atoms with Crippen LogP contribution >= 0.6 is 0 Å². The van der Waals surface area contributed by atoms with E-state index in [4.69, 9.17) is 5.26 Å². The molecule has 0 amide bonds. The summed E-state index contributed by atoms with van der Waals surface area (Å²) in [7, 11) is 0. The Kier molecular flexibility index (Phi) is 5.50. The number of nitrogens with zero attached hydrogens (tertiary/aromatic N) is 2. The minimum Gasteiger partial charge on any atom is -0.370 e. The van der Waals surface area contributed by atoms with Crippen LogP contribution < -0.4 is 4.90 Å². The number of hydrogen-bond acceptors (Lipinski definition) is 3. The molecule has 0 N–H and O–H groups in total. The minimum atomic E-state index is -0.418. The lowest BCUT2D eigenvalue weighted by molar-refractivity contribution is 0.101. The van der Waals surface area contributed by atoms with Gasteiger partial charge in [-0.1, -0.05) is 13.8 Å². The summed E-state index contributed by atoms with van der Waals surface area (Å²) in [5, 5.41) is 8.72. The molecule has 0 unspecified atom stereocenters. The molecule has 0 aliphatic carbocycles. The molecule has 4 heteroatoms. The summed E-state index contributed by atoms with van der Waals surface area (Å²) in [6.45, 7) is 6.83. The van der Waals surface area contributed by atoms with Crippen molar-refractivity contribution in [3.8, 4) is 6.07 Å². The third kappa shape index (κ3) is 4.36. The van der Waals surface area contributed by atoms with E-state index in [1.165, 1.54) is 19.1 Å². The zero-order valence-electron chi connectivity index (χ0n) is 11.6. The summed E-state index contributed by atoms with van der Waals surface area (Å²) in [6, 6.07) is 6.33. The van der Waals surface area contributed by atoms with Gasteiger partial charge in [0.25, 0.3) is 0 Å². The lowest BCUT2D eigenvalue weighted by Gasteiger charge is -2.27. The average molecular weight is 262 g/mol. The average Bonchev–Trinajstić information content (AvgIpc) is 2.34. The van der Waals surface area contributed by atoms with Crippen molar-refractivity contribution in [3.05, 3.63) is 29.6 Å². The van der Waals surface area contributed by atoms with Crippen LogP contribution in [0.15, 0.2) is 18.2 Å². The number of hydrogen-bond donors (Lipinski definition) is 0. The Morgan fingerprint density at radius 2 is 2.16 bits per heavy atom. The lowest BCUT2D eigenvalue weighted by atomic mass is 10.1. The molecule has 0 aromatic heterocycles. The topological polar surface area (TPSA) is 44.1 Å². The van der Waals surface area contributed by atoms with Gasteiger partial charge >= 0.3 is 0 Å². The van der Waals surface area contributed by atoms with Gasteiger partial charge in [-0.25, -0.2) is 4.39 Å². The molecule has 0 heterocycles. The van der Waals surface area contributed by atoms with Gasteiger partial charge in [0.1, 0.15) is 5.82 Å². The normalized spacial score (nSPS) is 10.3. The number of anilines is 1. The molecule has 0 aliphatic rings. The number of halogens is 1. The number of Topliss-reactive ketones (excluding diaryl/α,β-unsaturated/α-hetero) is 1. The van der Waals surface area contributed by atoms with Crippen LogP contribution in [0.4, 0.5) is 10.1 Å². The summed E-state index contributed by atoms with van der Waals surface area (Å²) < 4.78 is 13.3. The Bertz CT molecular complexity index is 491. The van der Waals surface area contributed by atoms with Gasteiger partial charge in [0.15, 0.2) is 5.78 Å². The molecule has 0 atom stereocenters. The first kappa shape index (κ1) is 15.2. The quantitative estimate of drug-likeness (QED) is 0.738. The number of benzene rings is 1. The first-order valence-electron chi connectivity index (χ1n) is 6.38. The van der Waals surface area contributed by atoms with E-state index in [2.05, 4.69) is 19.9 Å². The molecule has 0 fully saturated rings. The molecule has 0 radical (unpaired) electrons. The Morgan fingerprint density at radius 1 is 1.47 bits per heavy atom. The predicted molar refractivity (Wildman–Crippen MR) is 73.7 cm³/mol. The van der Waals surface area contributed by atoms with E-state index in [1.807, 2.05) is 4.90 Å². The summed E-state index contributed by atoms with van der Waals surface area (Å²) in [6.07, 6.45) is 0.376. The van der Waals surface area contributed by atoms with Crippen molar-refractivity contribution in [2.75, 3.05) is 18.0 Å². The molecular formula is C15H19FN2O. The predicted octanol–water partition coefficient (Wildman–Crippen LogP) is 3.40. The molecule has 3 nitrogen and oxygen atoms in total. The third-order valence-corrected chi connectivity index (χ3v) is 2.76. The van der Waals surface area contributed by atoms with Crippen LogP contribution in [-0.2, 0) is 0 Å². The van der Waals surface area contributed by atoms with Crippen LogP contribution in [0.2, 0.25) is 0 Å². The maximum absolute atomic E-state index is 13.3. The zero-order chi connectivity index (χ0) is 14.4. The molecular weight excluding hydrogens is 243 g/mol. The monoisotopic (exact) mass is 262 g/mol. The Morgan fingerprint density at radius 3 is 2.68 bits per heavy atom. The van der Waals surface area contributed by atoms with E-state index in [-0.39, 0.29) is 5.78 Å². The fourth-order valence-electron chi connectivity index (χ4n) is 2.00. The molecule has 19 heavy (non-hydrogen) atoms. The smallest absolute Gasteiger partial charge is 0.161 e. The highest BCUT2D eigenvalue weighted by Gasteiger charge is 2.16. The summed E-state index contributed by atoms with van der Waals surface area (Å²) in [4.78, 5) is 13.6. The van der Waals surface area contributed by atoms with Crippen molar-refractivity contribution in [3.63, 3.8) is 0 Å². The highest BCUT2D eigenvalue weighted by molar-refractivity contribution is 5.99. The molecule has 1 rings (SSSR count). The molecule has 0 saturated carbocycles. The van der Waals surface area contributed by atoms with E-state index < -0.39 is 5.82 Å². The second kappa shape index (κ2) is 6.89. The van der Waals surface area contributed by atoms with Crippen LogP contribution in [0.25, 0.3) is 0 Å². The molecule has 0 aliphatic heterocycles. The largest absolute Gasteiger partial charge is 0.370 e. The van der Waals surface area contributed by atoms with Gasteiger partial charge < -0.3 is 4.90 Å². The summed E-state index contributed by atoms with van der Waals surface area (Å²) in [5.41, 5.74) is 1.08. The van der Waals surface area contributed by atoms with Gasteiger partial charge in [0.05, 0.1) is 12.5 Å². The second-order valence-corrected chi connectivity index (χ2v) is 4.97. The number of rotatable bonds is 6. The van der Waals surface area contributed by atoms with Crippen molar-refractivity contribution < 1.29 is 9.18 Å². The van der Waals surface area contributed by atoms with Crippen molar-refractivity contribution >= 4 is 11.5 Å². The van der Waals surface area contributed by atoms with Crippen LogP contribution in [0, 0.1) is 23.1 Å². The van der Waals surface area contributed by atoms with Gasteiger partial charge in [-0.3, -0.25) is 4.79 Å². The van der Waals surface area contributed by atoms with E-state index in [0.29, 0.717) is 30.1 Å². The second-order valence-electron chi connectivity index (χ2n) is 4.97. The number of ketones is 1. The Hall–Kier alpha value is -1.89. The van der Waals surface area contributed by atoms with Gasteiger partial charge in [0.2, 0.25) is 0 Å². The van der Waals surface area contributed by atoms with Crippen LogP contribution in [0.1, 0.15) is 37.6 Å². The first-order valence-corrected chi connectivity index (χ1v) is 6.38. The Balaban J connectivity index is 3.13. The van der Waals surface area contributed by atoms with E-state index >= 15 is 0 Å². The van der Waals surface area contributed by atoms with E-state index in [0.717, 1.165) is 6.54 Å². The Labute approximate surface area is 113 Å². The SMILES string of the molecule is CC(=O)c1cc(F)ccc1N(CCC#N)CC(C)C. The van der Waals surface area contributed by atoms with Gasteiger partial charge in [0, 0.05) is 24.3 Å². The van der Waals surface area contributed by atoms with Crippen LogP contribution in [0.5, 0.6) is 0 Å². The first-order chi connectivity index (χ1) is 8.95. The van der Waals surface area contributed by atoms with Gasteiger partial charge in [-0.2, -0.15) is 5.26 Å². The van der Waals surface area contributed by atoms with E-state index in [1.54, 1.807) is 6.07 Å². The maximum atomic E-state index is 13.3. The summed E-state index contributed by atoms with van der Waals surface area (Å²) in [5.74, 6) is -0.192. The maximum Gasteiger partial charge on any atom is 0.161 e. The lowest BCUT2D eigenvalue weighted by Crippen LogP contribution is -2.30. The molecule has 0 saturated heterocycles. The fraction of sp³-hybridized carbons (Fsp3) is 0.467. The third-order valence-electron chi connectivity index (χ3n) is 2.76. The molecule has 1 aromatic carbocycles. The van der Waals surface area contributed by atoms with Crippen molar-refractivity contribution in [1.82, 2.24) is 0 Å². The molecule has 102 valence electrons. The fourth-order valence-corrected chi connectivity index (χ4v) is 2.00. The molecule has 1 aromatic rings. The standard InChI is InChI=1S/C15H19FN2O/c1-11(2)10-18(8-4-7-17)15-6-5-13(16)9-14(15)12(3)19/h5-6,9,11H,4,8,10H2,1-3H3. The minimum absolute atomic E-state index is 0.166. The highest BCUT2D eigenvalue weighted by Crippen LogP contribution is 2.23. The number of carbonyl (C=O) groups is 1.